The van der Waals surface area contributed by atoms with Crippen molar-refractivity contribution in [2.75, 3.05) is 7.11 Å². The van der Waals surface area contributed by atoms with E-state index >= 15 is 0 Å². The second-order valence-electron chi connectivity index (χ2n) is 2.52. The van der Waals surface area contributed by atoms with Crippen molar-refractivity contribution in [3.63, 3.8) is 0 Å². The lowest BCUT2D eigenvalue weighted by Crippen LogP contribution is -2.10. The van der Waals surface area contributed by atoms with Gasteiger partial charge in [0, 0.05) is 7.11 Å². The number of ether oxygens (including phenoxy) is 1. The lowest BCUT2D eigenvalue weighted by Gasteiger charge is -2.09. The summed E-state index contributed by atoms with van der Waals surface area (Å²) in [5.74, 6) is 0.907. The van der Waals surface area contributed by atoms with Gasteiger partial charge in [-0.1, -0.05) is 6.92 Å². The Hall–Kier alpha value is -0.0400. The molecule has 0 aromatic heterocycles. The van der Waals surface area contributed by atoms with Gasteiger partial charge in [-0.15, -0.1) is 0 Å². The molecular weight excluding hydrogens is 100 g/mol. The highest BCUT2D eigenvalue weighted by atomic mass is 16.5. The van der Waals surface area contributed by atoms with Gasteiger partial charge in [-0.25, -0.2) is 0 Å². The first-order valence-corrected chi connectivity index (χ1v) is 3.41. The lowest BCUT2D eigenvalue weighted by molar-refractivity contribution is 0.0814. The monoisotopic (exact) mass is 114 g/mol. The van der Waals surface area contributed by atoms with E-state index in [9.17, 15) is 0 Å². The Morgan fingerprint density at radius 2 is 2.25 bits per heavy atom. The minimum Gasteiger partial charge on any atom is -0.381 e. The summed E-state index contributed by atoms with van der Waals surface area (Å²) in [6.45, 7) is 2.19. The molecule has 1 aliphatic rings. The molecule has 1 heteroatoms. The maximum Gasteiger partial charge on any atom is 0.0596 e. The van der Waals surface area contributed by atoms with Gasteiger partial charge in [0.15, 0.2) is 0 Å². The molecule has 1 rings (SSSR count). The minimum absolute atomic E-state index is 0.565. The molecule has 0 heterocycles. The van der Waals surface area contributed by atoms with E-state index in [0.717, 1.165) is 5.92 Å². The van der Waals surface area contributed by atoms with Crippen molar-refractivity contribution < 1.29 is 4.74 Å². The first kappa shape index (κ1) is 6.09. The van der Waals surface area contributed by atoms with Gasteiger partial charge in [0.05, 0.1) is 6.10 Å². The Balaban J connectivity index is 2.15. The molecule has 0 aromatic rings. The Morgan fingerprint density at radius 3 is 2.38 bits per heavy atom. The van der Waals surface area contributed by atoms with Crippen molar-refractivity contribution >= 4 is 0 Å². The number of rotatable bonds is 3. The van der Waals surface area contributed by atoms with Crippen LogP contribution in [-0.4, -0.2) is 13.2 Å². The molecule has 1 fully saturated rings. The van der Waals surface area contributed by atoms with E-state index in [-0.39, 0.29) is 0 Å². The van der Waals surface area contributed by atoms with Gasteiger partial charge in [-0.2, -0.15) is 0 Å². The number of hydrogen-bond acceptors (Lipinski definition) is 1. The van der Waals surface area contributed by atoms with Gasteiger partial charge < -0.3 is 4.74 Å². The maximum absolute atomic E-state index is 5.22. The van der Waals surface area contributed by atoms with Crippen LogP contribution >= 0.6 is 0 Å². The zero-order valence-corrected chi connectivity index (χ0v) is 5.68. The van der Waals surface area contributed by atoms with Crippen LogP contribution in [0.25, 0.3) is 0 Å². The fraction of sp³-hybridized carbons (Fsp3) is 1.00. The molecule has 1 nitrogen and oxygen atoms in total. The standard InChI is InChI=1S/C7H14O/c1-3-7(8-2)6-4-5-6/h6-7H,3-5H2,1-2H3/t7-/m1/s1. The summed E-state index contributed by atoms with van der Waals surface area (Å²) in [5.41, 5.74) is 0. The van der Waals surface area contributed by atoms with Crippen molar-refractivity contribution in [3.05, 3.63) is 0 Å². The molecule has 0 saturated heterocycles. The lowest BCUT2D eigenvalue weighted by atomic mass is 10.2. The quantitative estimate of drug-likeness (QED) is 0.543. The van der Waals surface area contributed by atoms with E-state index in [4.69, 9.17) is 4.74 Å². The maximum atomic E-state index is 5.22. The number of hydrogen-bond donors (Lipinski definition) is 0. The van der Waals surface area contributed by atoms with Crippen molar-refractivity contribution in [1.82, 2.24) is 0 Å². The van der Waals surface area contributed by atoms with E-state index < -0.39 is 0 Å². The third-order valence-electron chi connectivity index (χ3n) is 1.85. The Kier molecular flexibility index (Phi) is 1.90. The molecule has 0 radical (unpaired) electrons. The second-order valence-corrected chi connectivity index (χ2v) is 2.52. The van der Waals surface area contributed by atoms with Crippen LogP contribution in [-0.2, 0) is 4.74 Å². The molecule has 1 saturated carbocycles. The predicted octanol–water partition coefficient (Wildman–Crippen LogP) is 1.82. The van der Waals surface area contributed by atoms with Crippen LogP contribution in [0.1, 0.15) is 26.2 Å². The Bertz CT molecular complexity index is 62.8. The fourth-order valence-electron chi connectivity index (χ4n) is 1.16. The molecule has 0 aliphatic heterocycles. The second kappa shape index (κ2) is 2.49. The zero-order chi connectivity index (χ0) is 5.98. The molecule has 0 unspecified atom stereocenters. The van der Waals surface area contributed by atoms with E-state index in [1.54, 1.807) is 0 Å². The average molecular weight is 114 g/mol. The molecule has 0 N–H and O–H groups in total. The highest BCUT2D eigenvalue weighted by Gasteiger charge is 2.29. The first-order valence-electron chi connectivity index (χ1n) is 3.41. The summed E-state index contributed by atoms with van der Waals surface area (Å²) in [6, 6.07) is 0. The molecule has 48 valence electrons. The van der Waals surface area contributed by atoms with E-state index in [2.05, 4.69) is 6.92 Å². The van der Waals surface area contributed by atoms with Crippen molar-refractivity contribution in [2.24, 2.45) is 5.92 Å². The van der Waals surface area contributed by atoms with Crippen molar-refractivity contribution in [1.29, 1.82) is 0 Å². The predicted molar refractivity (Wildman–Crippen MR) is 33.8 cm³/mol. The summed E-state index contributed by atoms with van der Waals surface area (Å²) < 4.78 is 5.22. The number of methoxy groups -OCH3 is 1. The zero-order valence-electron chi connectivity index (χ0n) is 5.68. The van der Waals surface area contributed by atoms with Crippen molar-refractivity contribution in [2.45, 2.75) is 32.3 Å². The van der Waals surface area contributed by atoms with Crippen LogP contribution in [0, 0.1) is 5.92 Å². The summed E-state index contributed by atoms with van der Waals surface area (Å²) in [7, 11) is 1.81. The largest absolute Gasteiger partial charge is 0.381 e. The highest BCUT2D eigenvalue weighted by Crippen LogP contribution is 2.35. The van der Waals surface area contributed by atoms with Gasteiger partial charge in [-0.05, 0) is 25.2 Å². The smallest absolute Gasteiger partial charge is 0.0596 e. The SMILES string of the molecule is CC[C@@H](OC)C1CC1. The van der Waals surface area contributed by atoms with E-state index in [0.29, 0.717) is 6.10 Å². The molecule has 0 spiro atoms. The van der Waals surface area contributed by atoms with Gasteiger partial charge >= 0.3 is 0 Å². The molecule has 1 aliphatic carbocycles. The van der Waals surface area contributed by atoms with Gasteiger partial charge in [0.1, 0.15) is 0 Å². The first-order chi connectivity index (χ1) is 3.88. The van der Waals surface area contributed by atoms with Crippen LogP contribution in [0.2, 0.25) is 0 Å². The summed E-state index contributed by atoms with van der Waals surface area (Å²) in [5, 5.41) is 0. The highest BCUT2D eigenvalue weighted by molar-refractivity contribution is 4.80. The van der Waals surface area contributed by atoms with Gasteiger partial charge in [-0.3, -0.25) is 0 Å². The summed E-state index contributed by atoms with van der Waals surface area (Å²) in [4.78, 5) is 0. The van der Waals surface area contributed by atoms with Crippen LogP contribution in [0.3, 0.4) is 0 Å². The van der Waals surface area contributed by atoms with E-state index in [1.165, 1.54) is 19.3 Å². The van der Waals surface area contributed by atoms with Crippen LogP contribution in [0.5, 0.6) is 0 Å². The summed E-state index contributed by atoms with van der Waals surface area (Å²) in [6.07, 6.45) is 4.54. The molecule has 0 amide bonds. The molecule has 8 heavy (non-hydrogen) atoms. The van der Waals surface area contributed by atoms with Crippen LogP contribution in [0.4, 0.5) is 0 Å². The minimum atomic E-state index is 0.565. The normalized spacial score (nSPS) is 23.2. The third-order valence-corrected chi connectivity index (χ3v) is 1.85. The Morgan fingerprint density at radius 1 is 1.62 bits per heavy atom. The topological polar surface area (TPSA) is 9.23 Å². The molecule has 1 atom stereocenters. The molecule has 0 aromatic carbocycles. The average Bonchev–Trinajstić information content (AvgIpc) is 2.53. The summed E-state index contributed by atoms with van der Waals surface area (Å²) >= 11 is 0. The molecule has 0 bridgehead atoms. The third kappa shape index (κ3) is 1.22. The van der Waals surface area contributed by atoms with Crippen molar-refractivity contribution in [3.8, 4) is 0 Å². The molecular formula is C7H14O. The fourth-order valence-corrected chi connectivity index (χ4v) is 1.16. The van der Waals surface area contributed by atoms with Gasteiger partial charge in [0.2, 0.25) is 0 Å². The van der Waals surface area contributed by atoms with Gasteiger partial charge in [0.25, 0.3) is 0 Å². The van der Waals surface area contributed by atoms with E-state index in [1.807, 2.05) is 7.11 Å². The van der Waals surface area contributed by atoms with Crippen LogP contribution in [0.15, 0.2) is 0 Å². The van der Waals surface area contributed by atoms with Crippen LogP contribution < -0.4 is 0 Å². The Labute approximate surface area is 51.0 Å².